The van der Waals surface area contributed by atoms with Crippen molar-refractivity contribution in [2.45, 2.75) is 6.42 Å². The summed E-state index contributed by atoms with van der Waals surface area (Å²) in [6.07, 6.45) is -0.0985. The standard InChI is InChI=1S/C19H15N3O6/c23-9-26-13-4-1-11(2-5-13)18-14(8-17(24)22-25)19(21-20-18)12-3-6-15-16(7-12)28-10-27-15/h1-7,9,25H,8,10H2,(H,20,21)(H,22,24). The number of hydrogen-bond donors (Lipinski definition) is 3. The molecule has 3 aromatic rings. The van der Waals surface area contributed by atoms with Crippen molar-refractivity contribution < 1.29 is 29.0 Å². The van der Waals surface area contributed by atoms with Crippen molar-refractivity contribution in [1.29, 1.82) is 0 Å². The number of aromatic amines is 1. The van der Waals surface area contributed by atoms with E-state index in [2.05, 4.69) is 10.2 Å². The number of H-pyrrole nitrogens is 1. The van der Waals surface area contributed by atoms with Crippen LogP contribution in [0.5, 0.6) is 17.2 Å². The lowest BCUT2D eigenvalue weighted by molar-refractivity contribution is -0.128. The first-order valence-corrected chi connectivity index (χ1v) is 8.30. The minimum atomic E-state index is -0.578. The van der Waals surface area contributed by atoms with Crippen LogP contribution in [0.4, 0.5) is 0 Å². The first-order valence-electron chi connectivity index (χ1n) is 8.30. The van der Waals surface area contributed by atoms with E-state index in [1.54, 1.807) is 41.9 Å². The Balaban J connectivity index is 1.77. The number of rotatable bonds is 6. The summed E-state index contributed by atoms with van der Waals surface area (Å²) in [5, 5.41) is 16.3. The van der Waals surface area contributed by atoms with Crippen LogP contribution in [0.3, 0.4) is 0 Å². The van der Waals surface area contributed by atoms with Crippen LogP contribution in [0.1, 0.15) is 5.56 Å². The smallest absolute Gasteiger partial charge is 0.298 e. The molecule has 0 bridgehead atoms. The average Bonchev–Trinajstić information content (AvgIpc) is 3.35. The molecule has 0 radical (unpaired) electrons. The quantitative estimate of drug-likeness (QED) is 0.339. The molecule has 1 aliphatic rings. The maximum absolute atomic E-state index is 11.9. The molecule has 1 aromatic heterocycles. The van der Waals surface area contributed by atoms with Crippen LogP contribution >= 0.6 is 0 Å². The van der Waals surface area contributed by atoms with Gasteiger partial charge in [0, 0.05) is 16.7 Å². The highest BCUT2D eigenvalue weighted by Crippen LogP contribution is 2.38. The van der Waals surface area contributed by atoms with Crippen LogP contribution < -0.4 is 19.7 Å². The lowest BCUT2D eigenvalue weighted by atomic mass is 9.99. The van der Waals surface area contributed by atoms with Crippen molar-refractivity contribution in [2.24, 2.45) is 0 Å². The van der Waals surface area contributed by atoms with Crippen molar-refractivity contribution in [3.05, 3.63) is 48.0 Å². The number of fused-ring (bicyclic) bond motifs is 1. The number of carbonyl (C=O) groups is 2. The van der Waals surface area contributed by atoms with Crippen LogP contribution in [-0.2, 0) is 16.0 Å². The molecule has 1 aliphatic heterocycles. The molecule has 0 saturated carbocycles. The minimum Gasteiger partial charge on any atom is -0.454 e. The van der Waals surface area contributed by atoms with E-state index in [4.69, 9.17) is 19.4 Å². The molecule has 0 atom stereocenters. The number of amides is 1. The number of benzene rings is 2. The van der Waals surface area contributed by atoms with Gasteiger partial charge in [0.05, 0.1) is 17.8 Å². The topological polar surface area (TPSA) is 123 Å². The van der Waals surface area contributed by atoms with E-state index in [0.29, 0.717) is 40.7 Å². The summed E-state index contributed by atoms with van der Waals surface area (Å²) >= 11 is 0. The zero-order valence-electron chi connectivity index (χ0n) is 14.5. The number of hydrogen-bond acceptors (Lipinski definition) is 7. The second-order valence-corrected chi connectivity index (χ2v) is 5.94. The molecule has 0 fully saturated rings. The fourth-order valence-electron chi connectivity index (χ4n) is 3.01. The minimum absolute atomic E-state index is 0.0985. The lowest BCUT2D eigenvalue weighted by Gasteiger charge is -2.07. The normalized spacial score (nSPS) is 11.9. The molecule has 28 heavy (non-hydrogen) atoms. The fraction of sp³-hybridized carbons (Fsp3) is 0.105. The van der Waals surface area contributed by atoms with Crippen molar-refractivity contribution >= 4 is 12.4 Å². The third-order valence-electron chi connectivity index (χ3n) is 4.30. The maximum Gasteiger partial charge on any atom is 0.298 e. The van der Waals surface area contributed by atoms with Gasteiger partial charge in [0.1, 0.15) is 5.75 Å². The largest absolute Gasteiger partial charge is 0.454 e. The van der Waals surface area contributed by atoms with E-state index < -0.39 is 5.91 Å². The molecule has 9 heteroatoms. The second-order valence-electron chi connectivity index (χ2n) is 5.94. The van der Waals surface area contributed by atoms with E-state index in [0.717, 1.165) is 11.1 Å². The van der Waals surface area contributed by atoms with Crippen LogP contribution in [0.2, 0.25) is 0 Å². The number of nitrogens with zero attached hydrogens (tertiary/aromatic N) is 1. The van der Waals surface area contributed by atoms with E-state index in [1.807, 2.05) is 6.07 Å². The molecule has 1 amide bonds. The summed E-state index contributed by atoms with van der Waals surface area (Å²) in [6, 6.07) is 12.1. The van der Waals surface area contributed by atoms with Gasteiger partial charge in [-0.25, -0.2) is 5.48 Å². The van der Waals surface area contributed by atoms with E-state index in [-0.39, 0.29) is 13.2 Å². The highest BCUT2D eigenvalue weighted by molar-refractivity contribution is 5.85. The van der Waals surface area contributed by atoms with E-state index in [9.17, 15) is 9.59 Å². The number of ether oxygens (including phenoxy) is 3. The van der Waals surface area contributed by atoms with E-state index in [1.165, 1.54) is 0 Å². The van der Waals surface area contributed by atoms with Crippen LogP contribution in [0.15, 0.2) is 42.5 Å². The summed E-state index contributed by atoms with van der Waals surface area (Å²) in [5.41, 5.74) is 4.85. The predicted octanol–water partition coefficient (Wildman–Crippen LogP) is 2.06. The Morgan fingerprint density at radius 3 is 2.68 bits per heavy atom. The summed E-state index contributed by atoms with van der Waals surface area (Å²) in [5.74, 6) is 1.05. The maximum atomic E-state index is 11.9. The Hall–Kier alpha value is -3.85. The Bertz CT molecular complexity index is 1030. The van der Waals surface area contributed by atoms with Gasteiger partial charge in [0.2, 0.25) is 12.7 Å². The molecule has 2 heterocycles. The van der Waals surface area contributed by atoms with Gasteiger partial charge in [-0.1, -0.05) is 0 Å². The van der Waals surface area contributed by atoms with Gasteiger partial charge in [-0.3, -0.25) is 19.9 Å². The molecule has 0 spiro atoms. The van der Waals surface area contributed by atoms with Crippen LogP contribution in [-0.4, -0.2) is 34.6 Å². The first kappa shape index (κ1) is 17.6. The lowest BCUT2D eigenvalue weighted by Crippen LogP contribution is -2.21. The second kappa shape index (κ2) is 7.41. The van der Waals surface area contributed by atoms with Gasteiger partial charge in [-0.2, -0.15) is 5.10 Å². The number of nitrogens with one attached hydrogen (secondary N) is 2. The van der Waals surface area contributed by atoms with Crippen LogP contribution in [0, 0.1) is 0 Å². The highest BCUT2D eigenvalue weighted by Gasteiger charge is 2.21. The van der Waals surface area contributed by atoms with Gasteiger partial charge < -0.3 is 14.2 Å². The highest BCUT2D eigenvalue weighted by atomic mass is 16.7. The SMILES string of the molecule is O=COc1ccc(-c2[nH]nc(-c3ccc4c(c3)OCO4)c2CC(=O)NO)cc1. The zero-order valence-corrected chi connectivity index (χ0v) is 14.5. The molecule has 9 nitrogen and oxygen atoms in total. The van der Waals surface area contributed by atoms with Crippen molar-refractivity contribution in [3.8, 4) is 39.8 Å². The molecule has 0 unspecified atom stereocenters. The van der Waals surface area contributed by atoms with Gasteiger partial charge in [0.25, 0.3) is 6.47 Å². The summed E-state index contributed by atoms with van der Waals surface area (Å²) < 4.78 is 15.5. The van der Waals surface area contributed by atoms with Crippen molar-refractivity contribution in [1.82, 2.24) is 15.7 Å². The molecular formula is C19H15N3O6. The third-order valence-corrected chi connectivity index (χ3v) is 4.30. The third kappa shape index (κ3) is 3.26. The zero-order chi connectivity index (χ0) is 19.5. The van der Waals surface area contributed by atoms with Crippen molar-refractivity contribution in [3.63, 3.8) is 0 Å². The Kier molecular flexibility index (Phi) is 4.65. The molecular weight excluding hydrogens is 366 g/mol. The van der Waals surface area contributed by atoms with Gasteiger partial charge >= 0.3 is 0 Å². The molecule has 142 valence electrons. The molecule has 2 aromatic carbocycles. The summed E-state index contributed by atoms with van der Waals surface area (Å²) in [7, 11) is 0. The van der Waals surface area contributed by atoms with Gasteiger partial charge in [-0.05, 0) is 42.5 Å². The summed E-state index contributed by atoms with van der Waals surface area (Å²) in [4.78, 5) is 22.3. The molecule has 0 saturated heterocycles. The monoisotopic (exact) mass is 381 g/mol. The van der Waals surface area contributed by atoms with Gasteiger partial charge in [0.15, 0.2) is 11.5 Å². The molecule has 3 N–H and O–H groups in total. The van der Waals surface area contributed by atoms with E-state index >= 15 is 0 Å². The molecule has 0 aliphatic carbocycles. The number of hydroxylamine groups is 1. The predicted molar refractivity (Wildman–Crippen MR) is 95.9 cm³/mol. The number of aromatic nitrogens is 2. The summed E-state index contributed by atoms with van der Waals surface area (Å²) in [6.45, 7) is 0.500. The first-order chi connectivity index (χ1) is 13.7. The number of carbonyl (C=O) groups excluding carboxylic acids is 2. The average molecular weight is 381 g/mol. The fourth-order valence-corrected chi connectivity index (χ4v) is 3.01. The Morgan fingerprint density at radius 2 is 1.93 bits per heavy atom. The molecule has 4 rings (SSSR count). The van der Waals surface area contributed by atoms with Crippen LogP contribution in [0.25, 0.3) is 22.5 Å². The Morgan fingerprint density at radius 1 is 1.18 bits per heavy atom. The van der Waals surface area contributed by atoms with Gasteiger partial charge in [-0.15, -0.1) is 0 Å². The Labute approximate surface area is 158 Å². The van der Waals surface area contributed by atoms with Crippen molar-refractivity contribution in [2.75, 3.05) is 6.79 Å².